The molecule has 0 rings (SSSR count). The Bertz CT molecular complexity index is 195. The van der Waals surface area contributed by atoms with Gasteiger partial charge >= 0.3 is 5.97 Å². The maximum atomic E-state index is 10.6. The average Bonchev–Trinajstić information content (AvgIpc) is 2.16. The highest BCUT2D eigenvalue weighted by Crippen LogP contribution is 2.09. The third-order valence-corrected chi connectivity index (χ3v) is 2.75. The van der Waals surface area contributed by atoms with Gasteiger partial charge in [-0.2, -0.15) is 0 Å². The fourth-order valence-corrected chi connectivity index (χ4v) is 1.49. The van der Waals surface area contributed by atoms with Gasteiger partial charge in [-0.15, -0.1) is 0 Å². The number of aliphatic carboxylic acids is 1. The van der Waals surface area contributed by atoms with Crippen molar-refractivity contribution in [3.8, 4) is 0 Å². The molecule has 0 aliphatic rings. The van der Waals surface area contributed by atoms with Crippen LogP contribution in [0.3, 0.4) is 0 Å². The monoisotopic (exact) mass is 231 g/mol. The van der Waals surface area contributed by atoms with E-state index in [1.807, 2.05) is 0 Å². The van der Waals surface area contributed by atoms with Crippen molar-refractivity contribution in [2.24, 2.45) is 5.92 Å². The summed E-state index contributed by atoms with van der Waals surface area (Å²) in [5.74, 6) is -0.959. The number of aliphatic hydroxyl groups excluding tert-OH is 1. The van der Waals surface area contributed by atoms with Crippen molar-refractivity contribution in [3.63, 3.8) is 0 Å². The van der Waals surface area contributed by atoms with Gasteiger partial charge < -0.3 is 15.5 Å². The molecule has 4 nitrogen and oxygen atoms in total. The van der Waals surface area contributed by atoms with E-state index < -0.39 is 5.97 Å². The van der Waals surface area contributed by atoms with Gasteiger partial charge in [-0.3, -0.25) is 4.79 Å². The number of carboxylic acid groups (broad SMARTS) is 1. The number of aliphatic hydroxyl groups is 1. The zero-order chi connectivity index (χ0) is 12.6. The van der Waals surface area contributed by atoms with Gasteiger partial charge in [-0.25, -0.2) is 0 Å². The molecule has 0 saturated carbocycles. The lowest BCUT2D eigenvalue weighted by atomic mass is 10.0. The summed E-state index contributed by atoms with van der Waals surface area (Å²) in [5, 5.41) is 21.1. The summed E-state index contributed by atoms with van der Waals surface area (Å²) < 4.78 is 0. The van der Waals surface area contributed by atoms with Crippen LogP contribution in [0.5, 0.6) is 0 Å². The third-order valence-electron chi connectivity index (χ3n) is 2.75. The SMILES string of the molecule is CC(O)CCNC(C)CCCC(C)C(=O)O. The Morgan fingerprint density at radius 3 is 2.31 bits per heavy atom. The highest BCUT2D eigenvalue weighted by atomic mass is 16.4. The second-order valence-corrected chi connectivity index (χ2v) is 4.66. The molecule has 3 N–H and O–H groups in total. The van der Waals surface area contributed by atoms with Gasteiger partial charge in [-0.05, 0) is 39.7 Å². The molecule has 0 aromatic heterocycles. The Morgan fingerprint density at radius 1 is 1.19 bits per heavy atom. The van der Waals surface area contributed by atoms with Crippen LogP contribution in [0.4, 0.5) is 0 Å². The first-order valence-corrected chi connectivity index (χ1v) is 6.07. The molecule has 3 unspecified atom stereocenters. The summed E-state index contributed by atoms with van der Waals surface area (Å²) in [6, 6.07) is 0.389. The maximum absolute atomic E-state index is 10.6. The van der Waals surface area contributed by atoms with E-state index in [4.69, 9.17) is 10.2 Å². The topological polar surface area (TPSA) is 69.6 Å². The molecule has 96 valence electrons. The van der Waals surface area contributed by atoms with Gasteiger partial charge in [0.05, 0.1) is 12.0 Å². The van der Waals surface area contributed by atoms with E-state index in [2.05, 4.69) is 12.2 Å². The Morgan fingerprint density at radius 2 is 1.81 bits per heavy atom. The number of carbonyl (C=O) groups is 1. The molecule has 0 aromatic rings. The predicted molar refractivity (Wildman–Crippen MR) is 64.4 cm³/mol. The zero-order valence-electron chi connectivity index (χ0n) is 10.6. The first-order valence-electron chi connectivity index (χ1n) is 6.07. The lowest BCUT2D eigenvalue weighted by Crippen LogP contribution is -2.28. The Balaban J connectivity index is 3.43. The van der Waals surface area contributed by atoms with Crippen molar-refractivity contribution in [1.82, 2.24) is 5.32 Å². The maximum Gasteiger partial charge on any atom is 0.306 e. The van der Waals surface area contributed by atoms with Gasteiger partial charge in [0, 0.05) is 6.04 Å². The first kappa shape index (κ1) is 15.4. The standard InChI is InChI=1S/C12H25NO3/c1-9(12(15)16)5-4-6-10(2)13-8-7-11(3)14/h9-11,13-14H,4-8H2,1-3H3,(H,15,16). The average molecular weight is 231 g/mol. The number of rotatable bonds is 9. The minimum Gasteiger partial charge on any atom is -0.481 e. The van der Waals surface area contributed by atoms with Crippen LogP contribution in [0, 0.1) is 5.92 Å². The van der Waals surface area contributed by atoms with Crippen molar-refractivity contribution in [2.75, 3.05) is 6.54 Å². The highest BCUT2D eigenvalue weighted by Gasteiger charge is 2.10. The molecule has 3 atom stereocenters. The Kier molecular flexibility index (Phi) is 8.21. The molecule has 0 heterocycles. The van der Waals surface area contributed by atoms with Crippen LogP contribution in [-0.4, -0.2) is 34.9 Å². The van der Waals surface area contributed by atoms with Crippen molar-refractivity contribution < 1.29 is 15.0 Å². The summed E-state index contributed by atoms with van der Waals surface area (Å²) in [5.41, 5.74) is 0. The number of carboxylic acids is 1. The third kappa shape index (κ3) is 8.68. The molecule has 0 bridgehead atoms. The van der Waals surface area contributed by atoms with Crippen molar-refractivity contribution in [1.29, 1.82) is 0 Å². The summed E-state index contributed by atoms with van der Waals surface area (Å²) in [4.78, 5) is 10.6. The van der Waals surface area contributed by atoms with Crippen molar-refractivity contribution in [2.45, 2.75) is 58.6 Å². The lowest BCUT2D eigenvalue weighted by Gasteiger charge is -2.15. The molecule has 0 spiro atoms. The first-order chi connectivity index (χ1) is 7.43. The fourth-order valence-electron chi connectivity index (χ4n) is 1.49. The van der Waals surface area contributed by atoms with Gasteiger partial charge in [0.2, 0.25) is 0 Å². The van der Waals surface area contributed by atoms with Crippen molar-refractivity contribution >= 4 is 5.97 Å². The summed E-state index contributed by atoms with van der Waals surface area (Å²) >= 11 is 0. The minimum absolute atomic E-state index is 0.246. The minimum atomic E-state index is -0.713. The van der Waals surface area contributed by atoms with E-state index in [0.29, 0.717) is 6.04 Å². The Hall–Kier alpha value is -0.610. The number of hydrogen-bond donors (Lipinski definition) is 3. The predicted octanol–water partition coefficient (Wildman–Crippen LogP) is 1.63. The van der Waals surface area contributed by atoms with Crippen LogP contribution >= 0.6 is 0 Å². The molecular formula is C12H25NO3. The van der Waals surface area contributed by atoms with Gasteiger partial charge in [0.1, 0.15) is 0 Å². The molecule has 0 radical (unpaired) electrons. The summed E-state index contributed by atoms with van der Waals surface area (Å²) in [7, 11) is 0. The molecular weight excluding hydrogens is 206 g/mol. The van der Waals surface area contributed by atoms with Crippen LogP contribution in [-0.2, 0) is 4.79 Å². The Labute approximate surface area is 98.1 Å². The summed E-state index contributed by atoms with van der Waals surface area (Å²) in [6.45, 7) is 6.43. The molecule has 0 aliphatic heterocycles. The fraction of sp³-hybridized carbons (Fsp3) is 0.917. The smallest absolute Gasteiger partial charge is 0.306 e. The summed E-state index contributed by atoms with van der Waals surface area (Å²) in [6.07, 6.45) is 3.15. The van der Waals surface area contributed by atoms with Gasteiger partial charge in [-0.1, -0.05) is 13.3 Å². The van der Waals surface area contributed by atoms with Crippen LogP contribution in [0.25, 0.3) is 0 Å². The molecule has 0 saturated heterocycles. The molecule has 0 aliphatic carbocycles. The normalized spacial score (nSPS) is 16.8. The van der Waals surface area contributed by atoms with Crippen LogP contribution < -0.4 is 5.32 Å². The van der Waals surface area contributed by atoms with E-state index in [9.17, 15) is 4.79 Å². The molecule has 16 heavy (non-hydrogen) atoms. The van der Waals surface area contributed by atoms with Crippen LogP contribution in [0.2, 0.25) is 0 Å². The zero-order valence-corrected chi connectivity index (χ0v) is 10.6. The van der Waals surface area contributed by atoms with E-state index in [-0.39, 0.29) is 12.0 Å². The van der Waals surface area contributed by atoms with Crippen LogP contribution in [0.15, 0.2) is 0 Å². The van der Waals surface area contributed by atoms with Gasteiger partial charge in [0.15, 0.2) is 0 Å². The number of nitrogens with one attached hydrogen (secondary N) is 1. The second-order valence-electron chi connectivity index (χ2n) is 4.66. The lowest BCUT2D eigenvalue weighted by molar-refractivity contribution is -0.141. The van der Waals surface area contributed by atoms with Crippen molar-refractivity contribution in [3.05, 3.63) is 0 Å². The van der Waals surface area contributed by atoms with E-state index in [0.717, 1.165) is 32.2 Å². The molecule has 0 amide bonds. The van der Waals surface area contributed by atoms with E-state index >= 15 is 0 Å². The molecule has 4 heteroatoms. The second kappa shape index (κ2) is 8.53. The number of hydrogen-bond acceptors (Lipinski definition) is 3. The van der Waals surface area contributed by atoms with E-state index in [1.165, 1.54) is 0 Å². The highest BCUT2D eigenvalue weighted by molar-refractivity contribution is 5.69. The molecule has 0 fully saturated rings. The largest absolute Gasteiger partial charge is 0.481 e. The van der Waals surface area contributed by atoms with E-state index in [1.54, 1.807) is 13.8 Å². The van der Waals surface area contributed by atoms with Gasteiger partial charge in [0.25, 0.3) is 0 Å². The molecule has 0 aromatic carbocycles. The van der Waals surface area contributed by atoms with Crippen LogP contribution in [0.1, 0.15) is 46.5 Å². The quantitative estimate of drug-likeness (QED) is 0.564.